The summed E-state index contributed by atoms with van der Waals surface area (Å²) in [4.78, 5) is 8.86. The lowest BCUT2D eigenvalue weighted by Crippen LogP contribution is -2.47. The maximum Gasteiger partial charge on any atom is 0.121 e. The van der Waals surface area contributed by atoms with Gasteiger partial charge in [-0.2, -0.15) is 0 Å². The summed E-state index contributed by atoms with van der Waals surface area (Å²) >= 11 is 8.62. The van der Waals surface area contributed by atoms with Gasteiger partial charge in [0.05, 0.1) is 42.2 Å². The van der Waals surface area contributed by atoms with E-state index in [1.807, 2.05) is 24.3 Å². The molecular formula is C20H26ClIN3O4P. The van der Waals surface area contributed by atoms with E-state index in [1.54, 1.807) is 12.3 Å². The number of aliphatic hydroxyl groups is 2. The molecule has 1 fully saturated rings. The van der Waals surface area contributed by atoms with Crippen molar-refractivity contribution in [1.29, 1.82) is 0 Å². The van der Waals surface area contributed by atoms with Crippen LogP contribution in [0.15, 0.2) is 36.5 Å². The number of halogens is 2. The summed E-state index contributed by atoms with van der Waals surface area (Å²) in [6.45, 7) is 5.04. The van der Waals surface area contributed by atoms with Gasteiger partial charge < -0.3 is 24.4 Å². The lowest BCUT2D eigenvalue weighted by atomic mass is 10.1. The van der Waals surface area contributed by atoms with Crippen molar-refractivity contribution in [3.63, 3.8) is 0 Å². The van der Waals surface area contributed by atoms with Gasteiger partial charge in [-0.05, 0) is 40.2 Å². The number of hydrogen-bond acceptors (Lipinski definition) is 7. The summed E-state index contributed by atoms with van der Waals surface area (Å²) in [5.41, 5.74) is 2.66. The zero-order chi connectivity index (χ0) is 21.3. The summed E-state index contributed by atoms with van der Waals surface area (Å²) in [5, 5.41) is 20.1. The number of β-amino-alcohol motifs (C(OH)–C–C–N with tert-alkyl or cyclic N) is 1. The molecule has 1 saturated heterocycles. The average molecular weight is 566 g/mol. The molecule has 2 N–H and O–H groups in total. The minimum absolute atomic E-state index is 0.0271. The van der Waals surface area contributed by atoms with Crippen molar-refractivity contribution >= 4 is 45.8 Å². The zero-order valence-corrected chi connectivity index (χ0v) is 20.4. The van der Waals surface area contributed by atoms with Gasteiger partial charge in [-0.1, -0.05) is 17.7 Å². The van der Waals surface area contributed by atoms with E-state index in [4.69, 9.17) is 26.0 Å². The fraction of sp³-hybridized carbons (Fsp3) is 0.450. The number of ether oxygens (including phenoxy) is 1. The minimum Gasteiger partial charge on any atom is -0.491 e. The summed E-state index contributed by atoms with van der Waals surface area (Å²) in [6.07, 6.45) is 1.16. The molecule has 1 aliphatic heterocycles. The summed E-state index contributed by atoms with van der Waals surface area (Å²) < 4.78 is 10.8. The van der Waals surface area contributed by atoms with Crippen LogP contribution < -0.4 is 9.64 Å². The highest BCUT2D eigenvalue weighted by Crippen LogP contribution is 2.31. The lowest BCUT2D eigenvalue weighted by Gasteiger charge is -2.37. The first-order valence-electron chi connectivity index (χ1n) is 9.71. The van der Waals surface area contributed by atoms with Gasteiger partial charge in [0.15, 0.2) is 0 Å². The maximum absolute atomic E-state index is 10.6. The second kappa shape index (κ2) is 12.3. The van der Waals surface area contributed by atoms with E-state index in [0.717, 1.165) is 43.1 Å². The van der Waals surface area contributed by atoms with Crippen molar-refractivity contribution in [1.82, 2.24) is 9.88 Å². The van der Waals surface area contributed by atoms with Crippen LogP contribution in [0.5, 0.6) is 5.75 Å². The zero-order valence-electron chi connectivity index (χ0n) is 16.5. The van der Waals surface area contributed by atoms with Gasteiger partial charge in [-0.15, -0.1) is 0 Å². The second-order valence-corrected chi connectivity index (χ2v) is 9.11. The van der Waals surface area contributed by atoms with Crippen LogP contribution in [-0.4, -0.2) is 66.0 Å². The van der Waals surface area contributed by atoms with E-state index in [9.17, 15) is 5.11 Å². The Morgan fingerprint density at radius 2 is 2.00 bits per heavy atom. The molecular weight excluding hydrogens is 540 g/mol. The highest BCUT2D eigenvalue weighted by molar-refractivity contribution is 14.2. The molecule has 3 rings (SSSR count). The van der Waals surface area contributed by atoms with Crippen LogP contribution in [0.4, 0.5) is 5.69 Å². The van der Waals surface area contributed by atoms with E-state index in [0.29, 0.717) is 30.4 Å². The van der Waals surface area contributed by atoms with E-state index >= 15 is 0 Å². The molecule has 2 atom stereocenters. The smallest absolute Gasteiger partial charge is 0.121 e. The first-order chi connectivity index (χ1) is 14.6. The van der Waals surface area contributed by atoms with Gasteiger partial charge in [0.2, 0.25) is 0 Å². The Kier molecular flexibility index (Phi) is 9.83. The van der Waals surface area contributed by atoms with Gasteiger partial charge >= 0.3 is 0 Å². The largest absolute Gasteiger partial charge is 0.491 e. The van der Waals surface area contributed by atoms with Gasteiger partial charge in [-0.25, -0.2) is 0 Å². The molecule has 2 heterocycles. The van der Waals surface area contributed by atoms with Crippen LogP contribution in [0.25, 0.3) is 0 Å². The first kappa shape index (κ1) is 23.9. The molecule has 0 aliphatic carbocycles. The maximum atomic E-state index is 10.6. The number of hydrogen-bond donors (Lipinski definition) is 2. The summed E-state index contributed by atoms with van der Waals surface area (Å²) in [5.74, 6) is 0.653. The van der Waals surface area contributed by atoms with Gasteiger partial charge in [0, 0.05) is 50.6 Å². The second-order valence-electron chi connectivity index (χ2n) is 6.94. The van der Waals surface area contributed by atoms with Gasteiger partial charge in [0.25, 0.3) is 0 Å². The minimum atomic E-state index is -0.572. The summed E-state index contributed by atoms with van der Waals surface area (Å²) in [6, 6.07) is 9.43. The molecule has 1 aliphatic rings. The monoisotopic (exact) mass is 565 g/mol. The molecule has 1 aromatic heterocycles. The number of anilines is 1. The average Bonchev–Trinajstić information content (AvgIpc) is 2.77. The van der Waals surface area contributed by atoms with Crippen molar-refractivity contribution < 1.29 is 19.5 Å². The number of aromatic nitrogens is 1. The summed E-state index contributed by atoms with van der Waals surface area (Å²) in [7, 11) is 0. The van der Waals surface area contributed by atoms with Crippen molar-refractivity contribution in [2.45, 2.75) is 12.7 Å². The Hall–Kier alpha value is -0.740. The van der Waals surface area contributed by atoms with Crippen LogP contribution in [0.3, 0.4) is 0 Å². The van der Waals surface area contributed by atoms with Gasteiger partial charge in [-0.3, -0.25) is 9.88 Å². The number of piperazine rings is 1. The molecule has 7 nitrogen and oxygen atoms in total. The van der Waals surface area contributed by atoms with Crippen LogP contribution >= 0.6 is 40.1 Å². The number of rotatable bonds is 10. The number of pyridine rings is 1. The third kappa shape index (κ3) is 6.88. The Balaban J connectivity index is 1.49. The highest BCUT2D eigenvalue weighted by Gasteiger charge is 2.21. The fourth-order valence-corrected chi connectivity index (χ4v) is 4.30. The molecule has 30 heavy (non-hydrogen) atoms. The molecule has 164 valence electrons. The number of aliphatic hydroxyl groups excluding tert-OH is 2. The first-order valence-corrected chi connectivity index (χ1v) is 14.1. The Morgan fingerprint density at radius 3 is 2.63 bits per heavy atom. The Labute approximate surface area is 196 Å². The Bertz CT molecular complexity index is 794. The standard InChI is InChI=1S/C20H26ClIN3O4P/c21-18-11-17(28-10-9-26)3-4-19(18)25-7-5-24(6-8-25)13-20(27)15-1-2-16(23-12-15)14-29-30-22/h1-4,11-12,20,26-27,30H,5-10,13-14H2. The predicted octanol–water partition coefficient (Wildman–Crippen LogP) is 3.42. The molecule has 0 amide bonds. The van der Waals surface area contributed by atoms with Crippen molar-refractivity contribution in [3.8, 4) is 5.75 Å². The molecule has 0 radical (unpaired) electrons. The topological polar surface area (TPSA) is 78.3 Å². The number of benzene rings is 1. The van der Waals surface area contributed by atoms with E-state index in [1.165, 1.54) is 0 Å². The van der Waals surface area contributed by atoms with Crippen LogP contribution in [0, 0.1) is 0 Å². The highest BCUT2D eigenvalue weighted by atomic mass is 127. The molecule has 2 unspecified atom stereocenters. The van der Waals surface area contributed by atoms with E-state index < -0.39 is 6.10 Å². The van der Waals surface area contributed by atoms with E-state index in [2.05, 4.69) is 36.8 Å². The lowest BCUT2D eigenvalue weighted by molar-refractivity contribution is 0.109. The van der Waals surface area contributed by atoms with Crippen LogP contribution in [-0.2, 0) is 11.1 Å². The SMILES string of the molecule is OCCOc1ccc(N2CCN(CC(O)c3ccc(COPI)nc3)CC2)c(Cl)c1. The van der Waals surface area contributed by atoms with Crippen molar-refractivity contribution in [2.75, 3.05) is 50.8 Å². The van der Waals surface area contributed by atoms with E-state index in [-0.39, 0.29) is 13.2 Å². The molecule has 0 bridgehead atoms. The predicted molar refractivity (Wildman–Crippen MR) is 129 cm³/mol. The van der Waals surface area contributed by atoms with Crippen LogP contribution in [0.1, 0.15) is 17.4 Å². The van der Waals surface area contributed by atoms with Crippen LogP contribution in [0.2, 0.25) is 5.02 Å². The third-order valence-corrected chi connectivity index (χ3v) is 6.42. The third-order valence-electron chi connectivity index (χ3n) is 4.93. The quantitative estimate of drug-likeness (QED) is 0.338. The van der Waals surface area contributed by atoms with Crippen molar-refractivity contribution in [3.05, 3.63) is 52.8 Å². The number of nitrogens with zero attached hydrogens (tertiary/aromatic N) is 3. The molecule has 0 spiro atoms. The molecule has 0 saturated carbocycles. The van der Waals surface area contributed by atoms with Gasteiger partial charge in [0.1, 0.15) is 12.4 Å². The fourth-order valence-electron chi connectivity index (χ4n) is 3.34. The molecule has 2 aromatic rings. The molecule has 10 heteroatoms. The molecule has 1 aromatic carbocycles. The Morgan fingerprint density at radius 1 is 1.20 bits per heavy atom. The normalized spacial score (nSPS) is 16.3. The van der Waals surface area contributed by atoms with Crippen molar-refractivity contribution in [2.24, 2.45) is 0 Å².